The number of aromatic nitrogens is 2. The van der Waals surface area contributed by atoms with E-state index in [-0.39, 0.29) is 0 Å². The van der Waals surface area contributed by atoms with Crippen LogP contribution >= 0.6 is 11.3 Å². The number of nitrogens with two attached hydrogens (primary N) is 1. The van der Waals surface area contributed by atoms with Crippen LogP contribution < -0.4 is 5.73 Å². The lowest BCUT2D eigenvalue weighted by molar-refractivity contribution is 0.970. The van der Waals surface area contributed by atoms with E-state index in [2.05, 4.69) is 16.9 Å². The van der Waals surface area contributed by atoms with Gasteiger partial charge in [0.1, 0.15) is 5.01 Å². The number of thiazole rings is 1. The lowest BCUT2D eigenvalue weighted by Gasteiger charge is -1.99. The van der Waals surface area contributed by atoms with Crippen LogP contribution in [0, 0.1) is 13.8 Å². The molecule has 0 bridgehead atoms. The van der Waals surface area contributed by atoms with Crippen molar-refractivity contribution in [1.82, 2.24) is 9.97 Å². The Morgan fingerprint density at radius 2 is 2.19 bits per heavy atom. The molecular formula is C12H15N3S. The Morgan fingerprint density at radius 3 is 2.88 bits per heavy atom. The van der Waals surface area contributed by atoms with E-state index in [4.69, 9.17) is 5.73 Å². The topological polar surface area (TPSA) is 51.8 Å². The average molecular weight is 233 g/mol. The standard InChI is InChI=1S/C12H15N3S/c1-8-7-14-6-4-10(8)12-15-9(2)11(16-12)3-5-13/h4,6-7H,3,5,13H2,1-2H3. The Kier molecular flexibility index (Phi) is 3.31. The van der Waals surface area contributed by atoms with Crippen LogP contribution in [0.2, 0.25) is 0 Å². The number of nitrogens with zero attached hydrogens (tertiary/aromatic N) is 2. The molecular weight excluding hydrogens is 218 g/mol. The summed E-state index contributed by atoms with van der Waals surface area (Å²) in [5.41, 5.74) is 9.01. The highest BCUT2D eigenvalue weighted by Gasteiger charge is 2.10. The highest BCUT2D eigenvalue weighted by Crippen LogP contribution is 2.29. The van der Waals surface area contributed by atoms with Crippen molar-refractivity contribution in [3.05, 3.63) is 34.6 Å². The van der Waals surface area contributed by atoms with Gasteiger partial charge in [0.25, 0.3) is 0 Å². The fourth-order valence-corrected chi connectivity index (χ4v) is 2.79. The van der Waals surface area contributed by atoms with E-state index in [0.29, 0.717) is 6.54 Å². The lowest BCUT2D eigenvalue weighted by atomic mass is 10.2. The van der Waals surface area contributed by atoms with Crippen LogP contribution in [0.25, 0.3) is 10.6 Å². The molecule has 0 amide bonds. The summed E-state index contributed by atoms with van der Waals surface area (Å²) in [6.45, 7) is 4.78. The van der Waals surface area contributed by atoms with Crippen LogP contribution in [0.15, 0.2) is 18.5 Å². The molecule has 84 valence electrons. The molecule has 0 aromatic carbocycles. The molecule has 2 rings (SSSR count). The van der Waals surface area contributed by atoms with Gasteiger partial charge >= 0.3 is 0 Å². The summed E-state index contributed by atoms with van der Waals surface area (Å²) in [6.07, 6.45) is 4.59. The second kappa shape index (κ2) is 4.72. The normalized spacial score (nSPS) is 10.7. The smallest absolute Gasteiger partial charge is 0.124 e. The van der Waals surface area contributed by atoms with Crippen molar-refractivity contribution in [1.29, 1.82) is 0 Å². The fraction of sp³-hybridized carbons (Fsp3) is 0.333. The van der Waals surface area contributed by atoms with Gasteiger partial charge in [0, 0.05) is 22.8 Å². The maximum atomic E-state index is 5.58. The van der Waals surface area contributed by atoms with Crippen molar-refractivity contribution >= 4 is 11.3 Å². The molecule has 0 aliphatic rings. The molecule has 2 aromatic heterocycles. The summed E-state index contributed by atoms with van der Waals surface area (Å²) >= 11 is 1.73. The molecule has 0 saturated carbocycles. The molecule has 0 aliphatic carbocycles. The highest BCUT2D eigenvalue weighted by molar-refractivity contribution is 7.15. The second-order valence-corrected chi connectivity index (χ2v) is 4.84. The van der Waals surface area contributed by atoms with Gasteiger partial charge in [-0.15, -0.1) is 11.3 Å². The van der Waals surface area contributed by atoms with Crippen molar-refractivity contribution < 1.29 is 0 Å². The zero-order valence-corrected chi connectivity index (χ0v) is 10.3. The van der Waals surface area contributed by atoms with E-state index in [1.165, 1.54) is 10.4 Å². The summed E-state index contributed by atoms with van der Waals surface area (Å²) in [5, 5.41) is 1.07. The molecule has 2 heterocycles. The van der Waals surface area contributed by atoms with Gasteiger partial charge in [-0.3, -0.25) is 4.98 Å². The first-order valence-corrected chi connectivity index (χ1v) is 6.11. The number of rotatable bonds is 3. The van der Waals surface area contributed by atoms with Crippen LogP contribution in [0.4, 0.5) is 0 Å². The van der Waals surface area contributed by atoms with Crippen LogP contribution in [0.5, 0.6) is 0 Å². The predicted octanol–water partition coefficient (Wildman–Crippen LogP) is 2.32. The summed E-state index contributed by atoms with van der Waals surface area (Å²) in [4.78, 5) is 9.97. The molecule has 0 unspecified atom stereocenters. The van der Waals surface area contributed by atoms with Gasteiger partial charge < -0.3 is 5.73 Å². The summed E-state index contributed by atoms with van der Waals surface area (Å²) in [5.74, 6) is 0. The largest absolute Gasteiger partial charge is 0.330 e. The average Bonchev–Trinajstić information content (AvgIpc) is 2.61. The maximum Gasteiger partial charge on any atom is 0.124 e. The summed E-state index contributed by atoms with van der Waals surface area (Å²) < 4.78 is 0. The van der Waals surface area contributed by atoms with Gasteiger partial charge in [0.05, 0.1) is 5.69 Å². The molecule has 4 heteroatoms. The van der Waals surface area contributed by atoms with Crippen molar-refractivity contribution in [3.8, 4) is 10.6 Å². The van der Waals surface area contributed by atoms with Crippen molar-refractivity contribution in [3.63, 3.8) is 0 Å². The molecule has 0 aliphatic heterocycles. The molecule has 3 nitrogen and oxygen atoms in total. The quantitative estimate of drug-likeness (QED) is 0.885. The van der Waals surface area contributed by atoms with Crippen LogP contribution in [-0.4, -0.2) is 16.5 Å². The number of aryl methyl sites for hydroxylation is 2. The van der Waals surface area contributed by atoms with E-state index in [1.54, 1.807) is 11.3 Å². The van der Waals surface area contributed by atoms with E-state index in [1.807, 2.05) is 25.4 Å². The Balaban J connectivity index is 2.42. The first-order valence-electron chi connectivity index (χ1n) is 5.29. The predicted molar refractivity (Wildman–Crippen MR) is 67.6 cm³/mol. The monoisotopic (exact) mass is 233 g/mol. The first-order chi connectivity index (χ1) is 7.72. The SMILES string of the molecule is Cc1cnccc1-c1nc(C)c(CCN)s1. The minimum Gasteiger partial charge on any atom is -0.330 e. The molecule has 16 heavy (non-hydrogen) atoms. The summed E-state index contributed by atoms with van der Waals surface area (Å²) in [6, 6.07) is 2.01. The summed E-state index contributed by atoms with van der Waals surface area (Å²) in [7, 11) is 0. The molecule has 0 atom stereocenters. The van der Waals surface area contributed by atoms with E-state index < -0.39 is 0 Å². The third-order valence-electron chi connectivity index (χ3n) is 2.51. The molecule has 2 aromatic rings. The number of pyridine rings is 1. The third kappa shape index (κ3) is 2.13. The van der Waals surface area contributed by atoms with Crippen LogP contribution in [-0.2, 0) is 6.42 Å². The number of hydrogen-bond donors (Lipinski definition) is 1. The Bertz CT molecular complexity index is 491. The second-order valence-electron chi connectivity index (χ2n) is 3.76. The Labute approximate surface area is 99.4 Å². The first kappa shape index (κ1) is 11.2. The minimum absolute atomic E-state index is 0.678. The van der Waals surface area contributed by atoms with Crippen LogP contribution in [0.1, 0.15) is 16.1 Å². The van der Waals surface area contributed by atoms with Crippen molar-refractivity contribution in [2.24, 2.45) is 5.73 Å². The Morgan fingerprint density at radius 1 is 1.38 bits per heavy atom. The molecule has 2 N–H and O–H groups in total. The Hall–Kier alpha value is -1.26. The van der Waals surface area contributed by atoms with Gasteiger partial charge in [-0.05, 0) is 38.4 Å². The highest BCUT2D eigenvalue weighted by atomic mass is 32.1. The van der Waals surface area contributed by atoms with Crippen LogP contribution in [0.3, 0.4) is 0 Å². The maximum absolute atomic E-state index is 5.58. The van der Waals surface area contributed by atoms with Gasteiger partial charge in [-0.25, -0.2) is 4.98 Å². The van der Waals surface area contributed by atoms with E-state index in [0.717, 1.165) is 22.7 Å². The molecule has 0 radical (unpaired) electrons. The lowest BCUT2D eigenvalue weighted by Crippen LogP contribution is -2.01. The molecule has 0 spiro atoms. The van der Waals surface area contributed by atoms with Gasteiger partial charge in [0.15, 0.2) is 0 Å². The van der Waals surface area contributed by atoms with E-state index >= 15 is 0 Å². The van der Waals surface area contributed by atoms with Crippen molar-refractivity contribution in [2.75, 3.05) is 6.54 Å². The zero-order valence-electron chi connectivity index (χ0n) is 9.53. The van der Waals surface area contributed by atoms with Gasteiger partial charge in [-0.2, -0.15) is 0 Å². The zero-order chi connectivity index (χ0) is 11.5. The van der Waals surface area contributed by atoms with Gasteiger partial charge in [-0.1, -0.05) is 0 Å². The fourth-order valence-electron chi connectivity index (χ4n) is 1.62. The molecule has 0 saturated heterocycles. The van der Waals surface area contributed by atoms with E-state index in [9.17, 15) is 0 Å². The molecule has 0 fully saturated rings. The van der Waals surface area contributed by atoms with Gasteiger partial charge in [0.2, 0.25) is 0 Å². The third-order valence-corrected chi connectivity index (χ3v) is 3.77. The van der Waals surface area contributed by atoms with Crippen molar-refractivity contribution in [2.45, 2.75) is 20.3 Å². The number of hydrogen-bond acceptors (Lipinski definition) is 4. The minimum atomic E-state index is 0.678.